The maximum absolute atomic E-state index is 11.9. The Morgan fingerprint density at radius 1 is 1.04 bits per heavy atom. The van der Waals surface area contributed by atoms with Crippen LogP contribution in [-0.4, -0.2) is 34.1 Å². The first-order valence-corrected chi connectivity index (χ1v) is 9.54. The molecular formula is C17H19N3O3S2. The second kappa shape index (κ2) is 8.77. The monoisotopic (exact) mass is 377 g/mol. The van der Waals surface area contributed by atoms with Gasteiger partial charge in [-0.25, -0.2) is 4.98 Å². The molecule has 0 aliphatic rings. The number of aryl methyl sites for hydroxylation is 2. The fraction of sp³-hybridized carbons (Fsp3) is 0.294. The average Bonchev–Trinajstić information content (AvgIpc) is 2.90. The summed E-state index contributed by atoms with van der Waals surface area (Å²) in [5.41, 5.74) is 2.46. The fourth-order valence-electron chi connectivity index (χ4n) is 2.00. The molecule has 0 atom stereocenters. The smallest absolute Gasteiger partial charge is 0.236 e. The number of rotatable bonds is 7. The highest BCUT2D eigenvalue weighted by atomic mass is 32.2. The van der Waals surface area contributed by atoms with E-state index in [9.17, 15) is 14.4 Å². The fourth-order valence-corrected chi connectivity index (χ4v) is 3.50. The van der Waals surface area contributed by atoms with Crippen LogP contribution in [0.15, 0.2) is 24.3 Å². The number of nitrogens with zero attached hydrogens (tertiary/aromatic N) is 1. The molecule has 1 heterocycles. The summed E-state index contributed by atoms with van der Waals surface area (Å²) in [5.74, 6) is -0.174. The minimum Gasteiger partial charge on any atom is -0.325 e. The third-order valence-electron chi connectivity index (χ3n) is 3.16. The molecule has 0 unspecified atom stereocenters. The quantitative estimate of drug-likeness (QED) is 0.723. The Morgan fingerprint density at radius 3 is 2.20 bits per heavy atom. The molecule has 2 amide bonds. The van der Waals surface area contributed by atoms with Crippen molar-refractivity contribution in [2.24, 2.45) is 0 Å². The number of benzene rings is 1. The first-order chi connectivity index (χ1) is 11.8. The third-order valence-corrected chi connectivity index (χ3v) is 5.27. The SMILES string of the molecule is CC(=O)c1sc(NC(=O)CSCC(=O)Nc2ccc(C)cc2)nc1C. The molecule has 0 aliphatic heterocycles. The van der Waals surface area contributed by atoms with Crippen LogP contribution in [0.5, 0.6) is 0 Å². The van der Waals surface area contributed by atoms with Crippen molar-refractivity contribution in [3.05, 3.63) is 40.4 Å². The minimum atomic E-state index is -0.253. The number of amides is 2. The zero-order valence-corrected chi connectivity index (χ0v) is 15.8. The molecule has 6 nitrogen and oxygen atoms in total. The van der Waals surface area contributed by atoms with Crippen LogP contribution >= 0.6 is 23.1 Å². The molecule has 0 fully saturated rings. The van der Waals surface area contributed by atoms with E-state index in [0.717, 1.165) is 22.6 Å². The number of anilines is 2. The molecule has 1 aromatic heterocycles. The Labute approximate surface area is 154 Å². The van der Waals surface area contributed by atoms with E-state index in [2.05, 4.69) is 15.6 Å². The maximum Gasteiger partial charge on any atom is 0.236 e. The Kier molecular flexibility index (Phi) is 6.72. The molecule has 0 bridgehead atoms. The van der Waals surface area contributed by atoms with Crippen molar-refractivity contribution in [1.29, 1.82) is 0 Å². The van der Waals surface area contributed by atoms with Crippen LogP contribution in [0.25, 0.3) is 0 Å². The van der Waals surface area contributed by atoms with Crippen molar-refractivity contribution in [3.63, 3.8) is 0 Å². The Balaban J connectivity index is 1.74. The van der Waals surface area contributed by atoms with Crippen molar-refractivity contribution in [2.75, 3.05) is 22.1 Å². The summed E-state index contributed by atoms with van der Waals surface area (Å²) in [4.78, 5) is 39.8. The molecule has 0 radical (unpaired) electrons. The van der Waals surface area contributed by atoms with E-state index in [1.165, 1.54) is 18.7 Å². The van der Waals surface area contributed by atoms with E-state index in [0.29, 0.717) is 15.7 Å². The highest BCUT2D eigenvalue weighted by Gasteiger charge is 2.13. The maximum atomic E-state index is 11.9. The van der Waals surface area contributed by atoms with Gasteiger partial charge in [0.2, 0.25) is 11.8 Å². The standard InChI is InChI=1S/C17H19N3O3S2/c1-10-4-6-13(7-5-10)19-14(22)8-24-9-15(23)20-17-18-11(2)16(25-17)12(3)21/h4-7H,8-9H2,1-3H3,(H,19,22)(H,18,20,23). The van der Waals surface area contributed by atoms with Crippen LogP contribution < -0.4 is 10.6 Å². The summed E-state index contributed by atoms with van der Waals surface area (Å²) in [5, 5.41) is 5.83. The summed E-state index contributed by atoms with van der Waals surface area (Å²) >= 11 is 2.37. The second-order valence-corrected chi connectivity index (χ2v) is 7.43. The van der Waals surface area contributed by atoms with Crippen LogP contribution in [0, 0.1) is 13.8 Å². The first-order valence-electron chi connectivity index (χ1n) is 7.57. The Hall–Kier alpha value is -2.19. The molecule has 0 saturated carbocycles. The lowest BCUT2D eigenvalue weighted by Crippen LogP contribution is -2.18. The zero-order chi connectivity index (χ0) is 18.4. The van der Waals surface area contributed by atoms with Crippen molar-refractivity contribution >= 4 is 51.5 Å². The topological polar surface area (TPSA) is 88.2 Å². The molecule has 132 valence electrons. The van der Waals surface area contributed by atoms with Gasteiger partial charge in [0.1, 0.15) is 0 Å². The molecular weight excluding hydrogens is 358 g/mol. The summed E-state index contributed by atoms with van der Waals surface area (Å²) in [6, 6.07) is 7.51. The highest BCUT2D eigenvalue weighted by Crippen LogP contribution is 2.23. The van der Waals surface area contributed by atoms with Gasteiger partial charge in [0.15, 0.2) is 10.9 Å². The van der Waals surface area contributed by atoms with Gasteiger partial charge >= 0.3 is 0 Å². The Bertz CT molecular complexity index is 785. The minimum absolute atomic E-state index is 0.0716. The van der Waals surface area contributed by atoms with E-state index in [4.69, 9.17) is 0 Å². The highest BCUT2D eigenvalue weighted by molar-refractivity contribution is 8.00. The number of carbonyl (C=O) groups is 3. The summed E-state index contributed by atoms with van der Waals surface area (Å²) < 4.78 is 0. The van der Waals surface area contributed by atoms with Gasteiger partial charge in [-0.2, -0.15) is 0 Å². The van der Waals surface area contributed by atoms with E-state index < -0.39 is 0 Å². The third kappa shape index (κ3) is 5.99. The van der Waals surface area contributed by atoms with E-state index in [1.807, 2.05) is 31.2 Å². The first kappa shape index (κ1) is 19.1. The number of carbonyl (C=O) groups excluding carboxylic acids is 3. The summed E-state index contributed by atoms with van der Waals surface area (Å²) in [6.45, 7) is 5.17. The number of aromatic nitrogens is 1. The predicted molar refractivity (Wildman–Crippen MR) is 103 cm³/mol. The summed E-state index contributed by atoms with van der Waals surface area (Å²) in [6.07, 6.45) is 0. The van der Waals surface area contributed by atoms with Crippen molar-refractivity contribution in [1.82, 2.24) is 4.98 Å². The largest absolute Gasteiger partial charge is 0.325 e. The van der Waals surface area contributed by atoms with Gasteiger partial charge in [-0.15, -0.1) is 11.8 Å². The van der Waals surface area contributed by atoms with Crippen LogP contribution in [0.2, 0.25) is 0 Å². The van der Waals surface area contributed by atoms with Crippen molar-refractivity contribution < 1.29 is 14.4 Å². The van der Waals surface area contributed by atoms with E-state index >= 15 is 0 Å². The van der Waals surface area contributed by atoms with Crippen molar-refractivity contribution in [2.45, 2.75) is 20.8 Å². The number of hydrogen-bond acceptors (Lipinski definition) is 6. The average molecular weight is 377 g/mol. The number of Topliss-reactive ketones (excluding diaryl/α,β-unsaturated/α-hetero) is 1. The van der Waals surface area contributed by atoms with E-state index in [1.54, 1.807) is 6.92 Å². The normalized spacial score (nSPS) is 10.4. The Morgan fingerprint density at radius 2 is 1.64 bits per heavy atom. The molecule has 2 aromatic rings. The summed E-state index contributed by atoms with van der Waals surface area (Å²) in [7, 11) is 0. The number of thioether (sulfide) groups is 1. The van der Waals surface area contributed by atoms with Gasteiger partial charge in [-0.05, 0) is 26.0 Å². The van der Waals surface area contributed by atoms with Crippen molar-refractivity contribution in [3.8, 4) is 0 Å². The van der Waals surface area contributed by atoms with Crippen LogP contribution in [0.1, 0.15) is 27.9 Å². The number of hydrogen-bond donors (Lipinski definition) is 2. The van der Waals surface area contributed by atoms with Crippen LogP contribution in [0.3, 0.4) is 0 Å². The molecule has 0 saturated heterocycles. The molecule has 0 aliphatic carbocycles. The lowest BCUT2D eigenvalue weighted by Gasteiger charge is -2.05. The lowest BCUT2D eigenvalue weighted by atomic mass is 10.2. The van der Waals surface area contributed by atoms with Crippen LogP contribution in [0.4, 0.5) is 10.8 Å². The molecule has 1 aromatic carbocycles. The van der Waals surface area contributed by atoms with E-state index in [-0.39, 0.29) is 29.1 Å². The lowest BCUT2D eigenvalue weighted by molar-refractivity contribution is -0.114. The molecule has 25 heavy (non-hydrogen) atoms. The van der Waals surface area contributed by atoms with Gasteiger partial charge in [0.25, 0.3) is 0 Å². The van der Waals surface area contributed by atoms with Gasteiger partial charge < -0.3 is 10.6 Å². The zero-order valence-electron chi connectivity index (χ0n) is 14.2. The van der Waals surface area contributed by atoms with Gasteiger partial charge in [0, 0.05) is 12.6 Å². The predicted octanol–water partition coefficient (Wildman–Crippen LogP) is 3.27. The molecule has 2 N–H and O–H groups in total. The molecule has 8 heteroatoms. The van der Waals surface area contributed by atoms with Gasteiger partial charge in [0.05, 0.1) is 22.1 Å². The second-order valence-electron chi connectivity index (χ2n) is 5.44. The number of thiazole rings is 1. The van der Waals surface area contributed by atoms with Gasteiger partial charge in [-0.1, -0.05) is 29.0 Å². The molecule has 0 spiro atoms. The molecule has 2 rings (SSSR count). The van der Waals surface area contributed by atoms with Gasteiger partial charge in [-0.3, -0.25) is 14.4 Å². The van der Waals surface area contributed by atoms with Crippen LogP contribution in [-0.2, 0) is 9.59 Å². The number of ketones is 1. The number of nitrogens with one attached hydrogen (secondary N) is 2.